The molecule has 1 rings (SSSR count). The van der Waals surface area contributed by atoms with Crippen LogP contribution in [-0.2, 0) is 6.42 Å². The lowest BCUT2D eigenvalue weighted by Gasteiger charge is -2.04. The molecule has 0 aliphatic carbocycles. The highest BCUT2D eigenvalue weighted by atomic mass is 16.5. The van der Waals surface area contributed by atoms with Gasteiger partial charge >= 0.3 is 0 Å². The van der Waals surface area contributed by atoms with Crippen LogP contribution in [0, 0.1) is 11.3 Å². The summed E-state index contributed by atoms with van der Waals surface area (Å²) in [7, 11) is 2.98. The van der Waals surface area contributed by atoms with Crippen LogP contribution in [0.25, 0.3) is 0 Å². The van der Waals surface area contributed by atoms with Crippen molar-refractivity contribution in [3.63, 3.8) is 0 Å². The summed E-state index contributed by atoms with van der Waals surface area (Å²) in [4.78, 5) is 0. The highest BCUT2D eigenvalue weighted by Crippen LogP contribution is 2.17. The van der Waals surface area contributed by atoms with E-state index in [1.807, 2.05) is 6.07 Å². The fourth-order valence-electron chi connectivity index (χ4n) is 0.882. The van der Waals surface area contributed by atoms with E-state index in [-0.39, 0.29) is 6.42 Å². The summed E-state index contributed by atoms with van der Waals surface area (Å²) in [6.07, 6.45) is 0.231. The highest BCUT2D eigenvalue weighted by molar-refractivity contribution is 5.31. The molecule has 0 spiro atoms. The van der Waals surface area contributed by atoms with Crippen molar-refractivity contribution in [2.45, 2.75) is 6.42 Å². The van der Waals surface area contributed by atoms with Crippen molar-refractivity contribution >= 4 is 0 Å². The van der Waals surface area contributed by atoms with Gasteiger partial charge in [-0.15, -0.1) is 10.2 Å². The zero-order valence-corrected chi connectivity index (χ0v) is 7.44. The molecule has 0 bridgehead atoms. The van der Waals surface area contributed by atoms with Crippen LogP contribution in [0.15, 0.2) is 6.07 Å². The molecule has 0 amide bonds. The normalized spacial score (nSPS) is 9.00. The third-order valence-electron chi connectivity index (χ3n) is 1.48. The molecule has 1 aromatic rings. The maximum atomic E-state index is 8.51. The molecular weight excluding hydrogens is 170 g/mol. The van der Waals surface area contributed by atoms with Crippen LogP contribution in [0.3, 0.4) is 0 Å². The van der Waals surface area contributed by atoms with Gasteiger partial charge in [0.2, 0.25) is 11.8 Å². The van der Waals surface area contributed by atoms with Crippen molar-refractivity contribution in [3.8, 4) is 17.8 Å². The largest absolute Gasteiger partial charge is 0.480 e. The van der Waals surface area contributed by atoms with Crippen LogP contribution >= 0.6 is 0 Å². The van der Waals surface area contributed by atoms with Gasteiger partial charge in [0.15, 0.2) is 0 Å². The lowest BCUT2D eigenvalue weighted by Crippen LogP contribution is -1.99. The molecule has 0 aliphatic heterocycles. The Morgan fingerprint density at radius 3 is 2.69 bits per heavy atom. The van der Waals surface area contributed by atoms with Crippen molar-refractivity contribution < 1.29 is 9.47 Å². The molecule has 0 N–H and O–H groups in total. The zero-order valence-electron chi connectivity index (χ0n) is 7.44. The Morgan fingerprint density at radius 2 is 2.15 bits per heavy atom. The molecule has 0 unspecified atom stereocenters. The molecule has 5 heteroatoms. The van der Waals surface area contributed by atoms with Gasteiger partial charge in [-0.25, -0.2) is 0 Å². The Hall–Kier alpha value is -1.83. The van der Waals surface area contributed by atoms with Gasteiger partial charge in [0.1, 0.15) is 0 Å². The maximum Gasteiger partial charge on any atom is 0.237 e. The summed E-state index contributed by atoms with van der Waals surface area (Å²) in [5.41, 5.74) is 0.678. The number of ether oxygens (including phenoxy) is 2. The molecular formula is C8H9N3O2. The van der Waals surface area contributed by atoms with E-state index in [4.69, 9.17) is 14.7 Å². The minimum absolute atomic E-state index is 0.231. The van der Waals surface area contributed by atoms with Gasteiger partial charge in [-0.2, -0.15) is 5.26 Å². The number of hydrogen-bond donors (Lipinski definition) is 0. The van der Waals surface area contributed by atoms with Gasteiger partial charge in [0.25, 0.3) is 0 Å². The molecule has 1 heterocycles. The SMILES string of the molecule is COc1cc(CC#N)c(OC)nn1. The van der Waals surface area contributed by atoms with Crippen LogP contribution in [0.1, 0.15) is 5.56 Å². The molecule has 0 aromatic carbocycles. The van der Waals surface area contributed by atoms with E-state index >= 15 is 0 Å². The van der Waals surface area contributed by atoms with Gasteiger partial charge in [-0.1, -0.05) is 0 Å². The molecule has 13 heavy (non-hydrogen) atoms. The van der Waals surface area contributed by atoms with Crippen molar-refractivity contribution in [1.29, 1.82) is 5.26 Å². The molecule has 5 nitrogen and oxygen atoms in total. The third-order valence-corrected chi connectivity index (χ3v) is 1.48. The van der Waals surface area contributed by atoms with E-state index < -0.39 is 0 Å². The molecule has 1 aromatic heterocycles. The van der Waals surface area contributed by atoms with Crippen LogP contribution in [0.5, 0.6) is 11.8 Å². The first-order valence-corrected chi connectivity index (χ1v) is 3.63. The molecule has 0 atom stereocenters. The van der Waals surface area contributed by atoms with E-state index in [1.54, 1.807) is 6.07 Å². The molecule has 68 valence electrons. The van der Waals surface area contributed by atoms with Crippen molar-refractivity contribution in [3.05, 3.63) is 11.6 Å². The summed E-state index contributed by atoms with van der Waals surface area (Å²) < 4.78 is 9.78. The summed E-state index contributed by atoms with van der Waals surface area (Å²) in [6.45, 7) is 0. The average molecular weight is 179 g/mol. The van der Waals surface area contributed by atoms with E-state index in [9.17, 15) is 0 Å². The summed E-state index contributed by atoms with van der Waals surface area (Å²) in [6, 6.07) is 3.64. The molecule has 0 radical (unpaired) electrons. The molecule has 0 saturated carbocycles. The number of hydrogen-bond acceptors (Lipinski definition) is 5. The van der Waals surface area contributed by atoms with Gasteiger partial charge < -0.3 is 9.47 Å². The summed E-state index contributed by atoms with van der Waals surface area (Å²) >= 11 is 0. The van der Waals surface area contributed by atoms with E-state index in [2.05, 4.69) is 10.2 Å². The standard InChI is InChI=1S/C8H9N3O2/c1-12-7-5-6(3-4-9)8(13-2)11-10-7/h5H,3H2,1-2H3. The van der Waals surface area contributed by atoms with Crippen LogP contribution < -0.4 is 9.47 Å². The van der Waals surface area contributed by atoms with Gasteiger partial charge in [-0.3, -0.25) is 0 Å². The van der Waals surface area contributed by atoms with Crippen LogP contribution in [-0.4, -0.2) is 24.4 Å². The summed E-state index contributed by atoms with van der Waals surface area (Å²) in [5.74, 6) is 0.744. The third kappa shape index (κ3) is 2.06. The minimum atomic E-state index is 0.231. The first-order valence-electron chi connectivity index (χ1n) is 3.63. The lowest BCUT2D eigenvalue weighted by molar-refractivity contribution is 0.364. The van der Waals surface area contributed by atoms with Crippen molar-refractivity contribution in [2.24, 2.45) is 0 Å². The monoisotopic (exact) mass is 179 g/mol. The summed E-state index contributed by atoms with van der Waals surface area (Å²) in [5, 5.41) is 16.0. The second-order valence-corrected chi connectivity index (χ2v) is 2.26. The second-order valence-electron chi connectivity index (χ2n) is 2.26. The fraction of sp³-hybridized carbons (Fsp3) is 0.375. The molecule has 0 fully saturated rings. The Kier molecular flexibility index (Phi) is 3.03. The number of rotatable bonds is 3. The topological polar surface area (TPSA) is 68.0 Å². The predicted octanol–water partition coefficient (Wildman–Crippen LogP) is 0.560. The fourth-order valence-corrected chi connectivity index (χ4v) is 0.882. The Labute approximate surface area is 75.9 Å². The Morgan fingerprint density at radius 1 is 1.38 bits per heavy atom. The van der Waals surface area contributed by atoms with Crippen molar-refractivity contribution in [2.75, 3.05) is 14.2 Å². The van der Waals surface area contributed by atoms with Crippen LogP contribution in [0.2, 0.25) is 0 Å². The van der Waals surface area contributed by atoms with Crippen molar-refractivity contribution in [1.82, 2.24) is 10.2 Å². The van der Waals surface area contributed by atoms with Gasteiger partial charge in [0, 0.05) is 11.6 Å². The number of aromatic nitrogens is 2. The first-order chi connectivity index (χ1) is 6.31. The predicted molar refractivity (Wildman–Crippen MR) is 44.5 cm³/mol. The number of methoxy groups -OCH3 is 2. The quantitative estimate of drug-likeness (QED) is 0.678. The van der Waals surface area contributed by atoms with Gasteiger partial charge in [0.05, 0.1) is 26.7 Å². The minimum Gasteiger partial charge on any atom is -0.480 e. The number of nitrogens with zero attached hydrogens (tertiary/aromatic N) is 3. The van der Waals surface area contributed by atoms with E-state index in [0.717, 1.165) is 0 Å². The highest BCUT2D eigenvalue weighted by Gasteiger charge is 2.06. The average Bonchev–Trinajstić information content (AvgIpc) is 2.18. The van der Waals surface area contributed by atoms with E-state index in [1.165, 1.54) is 14.2 Å². The van der Waals surface area contributed by atoms with E-state index in [0.29, 0.717) is 17.3 Å². The Balaban J connectivity index is 3.04. The lowest BCUT2D eigenvalue weighted by atomic mass is 10.2. The maximum absolute atomic E-state index is 8.51. The van der Waals surface area contributed by atoms with Crippen LogP contribution in [0.4, 0.5) is 0 Å². The Bertz CT molecular complexity index is 333. The number of nitriles is 1. The molecule has 0 saturated heterocycles. The second kappa shape index (κ2) is 4.26. The smallest absolute Gasteiger partial charge is 0.237 e. The van der Waals surface area contributed by atoms with Gasteiger partial charge in [-0.05, 0) is 0 Å². The molecule has 0 aliphatic rings. The zero-order chi connectivity index (χ0) is 9.68. The first kappa shape index (κ1) is 9.26.